The smallest absolute Gasteiger partial charge is 0.252 e. The number of hydrogen-bond donors (Lipinski definition) is 2. The fraction of sp³-hybridized carbons (Fsp3) is 0.250. The van der Waals surface area contributed by atoms with Gasteiger partial charge in [0, 0.05) is 31.6 Å². The molecule has 0 aromatic heterocycles. The first kappa shape index (κ1) is 27.7. The van der Waals surface area contributed by atoms with Gasteiger partial charge in [-0.1, -0.05) is 60.7 Å². The maximum Gasteiger partial charge on any atom is 0.252 e. The zero-order chi connectivity index (χ0) is 27.5. The third-order valence-electron chi connectivity index (χ3n) is 6.37. The lowest BCUT2D eigenvalue weighted by Gasteiger charge is -2.29. The summed E-state index contributed by atoms with van der Waals surface area (Å²) in [6.45, 7) is 4.54. The molecule has 4 rings (SSSR count). The van der Waals surface area contributed by atoms with Crippen molar-refractivity contribution in [2.75, 3.05) is 26.9 Å². The molecule has 0 radical (unpaired) electrons. The van der Waals surface area contributed by atoms with Crippen LogP contribution in [0.25, 0.3) is 6.08 Å². The number of benzene rings is 3. The molecule has 1 aliphatic rings. The van der Waals surface area contributed by atoms with Crippen LogP contribution in [-0.4, -0.2) is 49.3 Å². The Morgan fingerprint density at radius 1 is 1.10 bits per heavy atom. The van der Waals surface area contributed by atoms with E-state index < -0.39 is 11.6 Å². The lowest BCUT2D eigenvalue weighted by molar-refractivity contribution is -0.128. The SMILES string of the molecule is C=CCNC(=O)[C@]1(C/C=C/c2ccccc2)N=C(c2ccc(OCCCO)cc2)O[C@@H]1c1cccc(OC)c1. The van der Waals surface area contributed by atoms with Crippen molar-refractivity contribution in [1.82, 2.24) is 5.32 Å². The molecule has 0 bridgehead atoms. The standard InChI is InChI=1S/C32H34N2O5/c1-3-20-33-31(36)32(19-8-12-24-10-5-4-6-11-24)29(26-13-7-14-28(23-26)37-2)39-30(34-32)25-15-17-27(18-16-25)38-22-9-21-35/h3-8,10-18,23,29,35H,1,9,19-22H2,2H3,(H,33,36)/b12-8+/t29-,32-/m1/s1. The van der Waals surface area contributed by atoms with E-state index in [0.29, 0.717) is 43.4 Å². The first-order valence-corrected chi connectivity index (χ1v) is 12.9. The van der Waals surface area contributed by atoms with Crippen molar-refractivity contribution in [2.45, 2.75) is 24.5 Å². The van der Waals surface area contributed by atoms with E-state index in [0.717, 1.165) is 16.7 Å². The number of carbonyl (C=O) groups excluding carboxylic acids is 1. The average molecular weight is 527 g/mol. The Bertz CT molecular complexity index is 1300. The molecule has 39 heavy (non-hydrogen) atoms. The molecule has 0 unspecified atom stereocenters. The molecule has 1 amide bonds. The Kier molecular flexibility index (Phi) is 9.53. The highest BCUT2D eigenvalue weighted by atomic mass is 16.5. The van der Waals surface area contributed by atoms with Crippen molar-refractivity contribution in [3.8, 4) is 11.5 Å². The van der Waals surface area contributed by atoms with Crippen LogP contribution >= 0.6 is 0 Å². The lowest BCUT2D eigenvalue weighted by Crippen LogP contribution is -2.48. The molecule has 2 atom stereocenters. The van der Waals surface area contributed by atoms with Crippen LogP contribution in [0.3, 0.4) is 0 Å². The summed E-state index contributed by atoms with van der Waals surface area (Å²) in [4.78, 5) is 18.8. The van der Waals surface area contributed by atoms with Crippen LogP contribution in [0.4, 0.5) is 0 Å². The topological polar surface area (TPSA) is 89.4 Å². The van der Waals surface area contributed by atoms with Crippen molar-refractivity contribution in [3.63, 3.8) is 0 Å². The highest BCUT2D eigenvalue weighted by Gasteiger charge is 2.52. The van der Waals surface area contributed by atoms with Crippen LogP contribution in [-0.2, 0) is 9.53 Å². The zero-order valence-electron chi connectivity index (χ0n) is 22.1. The first-order valence-electron chi connectivity index (χ1n) is 12.9. The number of carbonyl (C=O) groups is 1. The van der Waals surface area contributed by atoms with Crippen molar-refractivity contribution in [1.29, 1.82) is 0 Å². The number of amides is 1. The van der Waals surface area contributed by atoms with Crippen LogP contribution in [0.1, 0.15) is 35.6 Å². The average Bonchev–Trinajstić information content (AvgIpc) is 3.38. The molecule has 3 aromatic rings. The third kappa shape index (κ3) is 6.75. The van der Waals surface area contributed by atoms with Crippen LogP contribution in [0, 0.1) is 0 Å². The van der Waals surface area contributed by atoms with E-state index in [1.165, 1.54) is 0 Å². The van der Waals surface area contributed by atoms with Gasteiger partial charge in [0.2, 0.25) is 5.90 Å². The molecule has 202 valence electrons. The van der Waals surface area contributed by atoms with E-state index in [1.807, 2.05) is 91.0 Å². The molecule has 3 aromatic carbocycles. The van der Waals surface area contributed by atoms with Crippen molar-refractivity contribution >= 4 is 17.9 Å². The Labute approximate surface area is 229 Å². The number of nitrogens with zero attached hydrogens (tertiary/aromatic N) is 1. The molecule has 7 nitrogen and oxygen atoms in total. The Morgan fingerprint density at radius 2 is 1.90 bits per heavy atom. The minimum Gasteiger partial charge on any atom is -0.497 e. The second-order valence-electron chi connectivity index (χ2n) is 9.08. The lowest BCUT2D eigenvalue weighted by atomic mass is 9.84. The largest absolute Gasteiger partial charge is 0.497 e. The van der Waals surface area contributed by atoms with E-state index in [9.17, 15) is 4.79 Å². The van der Waals surface area contributed by atoms with Gasteiger partial charge in [0.15, 0.2) is 11.6 Å². The van der Waals surface area contributed by atoms with E-state index >= 15 is 0 Å². The third-order valence-corrected chi connectivity index (χ3v) is 6.37. The first-order chi connectivity index (χ1) is 19.1. The molecule has 0 saturated carbocycles. The summed E-state index contributed by atoms with van der Waals surface area (Å²) >= 11 is 0. The highest BCUT2D eigenvalue weighted by molar-refractivity contribution is 6.01. The molecule has 0 aliphatic carbocycles. The van der Waals surface area contributed by atoms with Gasteiger partial charge in [-0.2, -0.15) is 0 Å². The van der Waals surface area contributed by atoms with Crippen LogP contribution in [0.5, 0.6) is 11.5 Å². The minimum absolute atomic E-state index is 0.0725. The molecule has 7 heteroatoms. The monoisotopic (exact) mass is 526 g/mol. The van der Waals surface area contributed by atoms with E-state index in [4.69, 9.17) is 24.3 Å². The summed E-state index contributed by atoms with van der Waals surface area (Å²) in [6.07, 6.45) is 5.74. The minimum atomic E-state index is -1.27. The second kappa shape index (κ2) is 13.4. The normalized spacial score (nSPS) is 18.3. The maximum atomic E-state index is 13.8. The zero-order valence-corrected chi connectivity index (χ0v) is 22.1. The fourth-order valence-corrected chi connectivity index (χ4v) is 4.38. The number of aliphatic hydroxyl groups excluding tert-OH is 1. The summed E-state index contributed by atoms with van der Waals surface area (Å²) < 4.78 is 17.6. The van der Waals surface area contributed by atoms with E-state index in [2.05, 4.69) is 11.9 Å². The molecule has 0 spiro atoms. The van der Waals surface area contributed by atoms with Gasteiger partial charge in [-0.15, -0.1) is 6.58 Å². The summed E-state index contributed by atoms with van der Waals surface area (Å²) in [5, 5.41) is 11.9. The number of methoxy groups -OCH3 is 1. The van der Waals surface area contributed by atoms with E-state index in [-0.39, 0.29) is 12.5 Å². The Hall–Kier alpha value is -4.36. The maximum absolute atomic E-state index is 13.8. The van der Waals surface area contributed by atoms with Gasteiger partial charge in [-0.25, -0.2) is 4.99 Å². The van der Waals surface area contributed by atoms with Gasteiger partial charge >= 0.3 is 0 Å². The quantitative estimate of drug-likeness (QED) is 0.238. The van der Waals surface area contributed by atoms with Gasteiger partial charge in [-0.05, 0) is 47.5 Å². The van der Waals surface area contributed by atoms with Gasteiger partial charge in [0.25, 0.3) is 5.91 Å². The fourth-order valence-electron chi connectivity index (χ4n) is 4.38. The molecule has 0 fully saturated rings. The van der Waals surface area contributed by atoms with Gasteiger partial charge in [-0.3, -0.25) is 4.79 Å². The number of nitrogens with one attached hydrogen (secondary N) is 1. The van der Waals surface area contributed by atoms with Crippen LogP contribution in [0.2, 0.25) is 0 Å². The van der Waals surface area contributed by atoms with Crippen molar-refractivity contribution in [3.05, 3.63) is 114 Å². The Balaban J connectivity index is 1.74. The summed E-state index contributed by atoms with van der Waals surface area (Å²) in [5.74, 6) is 1.45. The number of ether oxygens (including phenoxy) is 3. The van der Waals surface area contributed by atoms with Gasteiger partial charge < -0.3 is 24.6 Å². The predicted octanol–water partition coefficient (Wildman–Crippen LogP) is 5.12. The highest BCUT2D eigenvalue weighted by Crippen LogP contribution is 2.43. The van der Waals surface area contributed by atoms with Crippen molar-refractivity contribution < 1.29 is 24.1 Å². The molecular formula is C32H34N2O5. The predicted molar refractivity (Wildman–Crippen MR) is 153 cm³/mol. The molecule has 1 aliphatic heterocycles. The molecule has 1 heterocycles. The Morgan fingerprint density at radius 3 is 2.62 bits per heavy atom. The number of hydrogen-bond acceptors (Lipinski definition) is 6. The molecule has 2 N–H and O–H groups in total. The number of rotatable bonds is 13. The molecular weight excluding hydrogens is 492 g/mol. The van der Waals surface area contributed by atoms with Gasteiger partial charge in [0.05, 0.1) is 13.7 Å². The van der Waals surface area contributed by atoms with Crippen LogP contribution in [0.15, 0.2) is 103 Å². The van der Waals surface area contributed by atoms with E-state index in [1.54, 1.807) is 13.2 Å². The van der Waals surface area contributed by atoms with Gasteiger partial charge in [0.1, 0.15) is 11.5 Å². The number of aliphatic hydroxyl groups is 1. The summed E-state index contributed by atoms with van der Waals surface area (Å²) in [6, 6.07) is 24.8. The molecule has 0 saturated heterocycles. The van der Waals surface area contributed by atoms with Crippen LogP contribution < -0.4 is 14.8 Å². The summed E-state index contributed by atoms with van der Waals surface area (Å²) in [7, 11) is 1.60. The van der Waals surface area contributed by atoms with Crippen molar-refractivity contribution in [2.24, 2.45) is 4.99 Å². The second-order valence-corrected chi connectivity index (χ2v) is 9.08. The summed E-state index contributed by atoms with van der Waals surface area (Å²) in [5.41, 5.74) is 1.26. The number of aliphatic imine (C=N–C) groups is 1.